The van der Waals surface area contributed by atoms with E-state index in [0.29, 0.717) is 25.1 Å². The molecular formula is C27H40N2O5Si. The number of aromatic hydroxyl groups is 1. The molecule has 2 aromatic carbocycles. The minimum Gasteiger partial charge on any atom is -0.506 e. The number of aliphatic carboxylic acids is 1. The first-order chi connectivity index (χ1) is 16.1. The van der Waals surface area contributed by atoms with Crippen LogP contribution < -0.4 is 10.6 Å². The van der Waals surface area contributed by atoms with E-state index in [1.54, 1.807) is 12.1 Å². The number of nitrogens with one attached hydrogen (secondary N) is 2. The summed E-state index contributed by atoms with van der Waals surface area (Å²) in [6.07, 6.45) is 0.965. The van der Waals surface area contributed by atoms with Crippen LogP contribution in [0.2, 0.25) is 18.1 Å². The number of carboxylic acid groups (broad SMARTS) is 1. The van der Waals surface area contributed by atoms with Gasteiger partial charge in [-0.2, -0.15) is 0 Å². The summed E-state index contributed by atoms with van der Waals surface area (Å²) in [6, 6.07) is 12.8. The summed E-state index contributed by atoms with van der Waals surface area (Å²) in [6.45, 7) is 15.7. The summed E-state index contributed by atoms with van der Waals surface area (Å²) < 4.78 is 6.78. The number of carbonyl (C=O) groups excluding carboxylic acids is 1. The van der Waals surface area contributed by atoms with Crippen molar-refractivity contribution in [3.8, 4) is 5.75 Å². The van der Waals surface area contributed by atoms with Gasteiger partial charge >= 0.3 is 5.97 Å². The molecule has 0 aliphatic rings. The highest BCUT2D eigenvalue weighted by molar-refractivity contribution is 6.74. The molecule has 0 aromatic heterocycles. The van der Waals surface area contributed by atoms with Gasteiger partial charge in [0.25, 0.3) is 0 Å². The molecule has 0 unspecified atom stereocenters. The molecule has 1 amide bonds. The van der Waals surface area contributed by atoms with E-state index in [-0.39, 0.29) is 28.9 Å². The summed E-state index contributed by atoms with van der Waals surface area (Å²) in [4.78, 5) is 22.1. The Balaban J connectivity index is 2.27. The average Bonchev–Trinajstić information content (AvgIpc) is 2.71. The Morgan fingerprint density at radius 2 is 1.74 bits per heavy atom. The largest absolute Gasteiger partial charge is 0.506 e. The van der Waals surface area contributed by atoms with Crippen LogP contribution in [0.5, 0.6) is 5.75 Å². The maximum Gasteiger partial charge on any atom is 0.307 e. The second-order valence-electron chi connectivity index (χ2n) is 11.2. The zero-order valence-electron chi connectivity index (χ0n) is 21.9. The Labute approximate surface area is 210 Å². The topological polar surface area (TPSA) is 108 Å². The van der Waals surface area contributed by atoms with E-state index in [1.165, 1.54) is 0 Å². The molecule has 1 atom stereocenters. The van der Waals surface area contributed by atoms with Gasteiger partial charge in [0.2, 0.25) is 6.41 Å². The minimum atomic E-state index is -2.14. The number of anilines is 1. The molecule has 0 bridgehead atoms. The van der Waals surface area contributed by atoms with Gasteiger partial charge in [0.1, 0.15) is 5.75 Å². The van der Waals surface area contributed by atoms with Crippen molar-refractivity contribution in [3.05, 3.63) is 59.2 Å². The van der Waals surface area contributed by atoms with Gasteiger partial charge in [-0.05, 0) is 67.2 Å². The van der Waals surface area contributed by atoms with Crippen LogP contribution in [0, 0.1) is 0 Å². The fourth-order valence-corrected chi connectivity index (χ4v) is 4.94. The number of phenols is 1. The Morgan fingerprint density at radius 1 is 1.09 bits per heavy atom. The average molecular weight is 501 g/mol. The molecule has 0 heterocycles. The maximum absolute atomic E-state index is 11.1. The Hall–Kier alpha value is -2.68. The second kappa shape index (κ2) is 11.4. The maximum atomic E-state index is 11.1. The summed E-state index contributed by atoms with van der Waals surface area (Å²) >= 11 is 0. The van der Waals surface area contributed by atoms with E-state index in [9.17, 15) is 14.7 Å². The van der Waals surface area contributed by atoms with Crippen molar-refractivity contribution in [2.24, 2.45) is 0 Å². The Kier molecular flexibility index (Phi) is 9.27. The van der Waals surface area contributed by atoms with Crippen LogP contribution in [-0.2, 0) is 26.9 Å². The monoisotopic (exact) mass is 500 g/mol. The molecular weight excluding hydrogens is 460 g/mol. The van der Waals surface area contributed by atoms with Gasteiger partial charge in [-0.15, -0.1) is 0 Å². The normalized spacial score (nSPS) is 13.3. The number of carbonyl (C=O) groups is 2. The SMILES string of the molecule is CC(C)(Cc1cccc(CC(=O)O)c1)NC[C@@H](O[Si](C)(C)C(C)(C)C)c1ccc(O)c(NC=O)c1. The minimum absolute atomic E-state index is 0.00135. The fraction of sp³-hybridized carbons (Fsp3) is 0.481. The number of amides is 1. The third kappa shape index (κ3) is 8.49. The number of hydrogen-bond acceptors (Lipinski definition) is 5. The summed E-state index contributed by atoms with van der Waals surface area (Å²) in [5, 5.41) is 25.4. The molecule has 2 rings (SSSR count). The number of phenolic OH excluding ortho intramolecular Hbond substituents is 1. The molecule has 0 radical (unpaired) electrons. The summed E-state index contributed by atoms with van der Waals surface area (Å²) in [5.74, 6) is -0.844. The predicted octanol–water partition coefficient (Wildman–Crippen LogP) is 5.26. The van der Waals surface area contributed by atoms with E-state index >= 15 is 0 Å². The van der Waals surface area contributed by atoms with E-state index in [0.717, 1.165) is 16.7 Å². The van der Waals surface area contributed by atoms with Crippen molar-refractivity contribution in [1.82, 2.24) is 5.32 Å². The van der Waals surface area contributed by atoms with Gasteiger partial charge < -0.3 is 25.3 Å². The van der Waals surface area contributed by atoms with Crippen LogP contribution in [0.4, 0.5) is 5.69 Å². The number of hydrogen-bond donors (Lipinski definition) is 4. The molecule has 7 nitrogen and oxygen atoms in total. The molecule has 0 aliphatic heterocycles. The van der Waals surface area contributed by atoms with Crippen LogP contribution >= 0.6 is 0 Å². The number of rotatable bonds is 12. The van der Waals surface area contributed by atoms with E-state index in [2.05, 4.69) is 58.3 Å². The third-order valence-corrected chi connectivity index (χ3v) is 11.1. The Morgan fingerprint density at radius 3 is 2.34 bits per heavy atom. The van der Waals surface area contributed by atoms with Gasteiger partial charge in [-0.3, -0.25) is 9.59 Å². The lowest BCUT2D eigenvalue weighted by atomic mass is 9.93. The van der Waals surface area contributed by atoms with Gasteiger partial charge in [0.05, 0.1) is 18.2 Å². The van der Waals surface area contributed by atoms with Crippen molar-refractivity contribution in [1.29, 1.82) is 0 Å². The van der Waals surface area contributed by atoms with E-state index in [4.69, 9.17) is 9.53 Å². The van der Waals surface area contributed by atoms with Crippen LogP contribution in [0.3, 0.4) is 0 Å². The first-order valence-corrected chi connectivity index (χ1v) is 14.8. The lowest BCUT2D eigenvalue weighted by molar-refractivity contribution is -0.136. The van der Waals surface area contributed by atoms with Crippen molar-refractivity contribution >= 4 is 26.4 Å². The van der Waals surface area contributed by atoms with Gasteiger partial charge in [-0.1, -0.05) is 51.1 Å². The van der Waals surface area contributed by atoms with Gasteiger partial charge in [-0.25, -0.2) is 0 Å². The van der Waals surface area contributed by atoms with Crippen LogP contribution in [-0.4, -0.2) is 43.0 Å². The molecule has 8 heteroatoms. The van der Waals surface area contributed by atoms with Crippen LogP contribution in [0.25, 0.3) is 0 Å². The summed E-state index contributed by atoms with van der Waals surface area (Å²) in [5.41, 5.74) is 2.76. The van der Waals surface area contributed by atoms with Crippen LogP contribution in [0.15, 0.2) is 42.5 Å². The zero-order valence-corrected chi connectivity index (χ0v) is 22.9. The van der Waals surface area contributed by atoms with E-state index < -0.39 is 14.3 Å². The zero-order chi connectivity index (χ0) is 26.4. The molecule has 0 saturated heterocycles. The molecule has 4 N–H and O–H groups in total. The molecule has 0 spiro atoms. The quantitative estimate of drug-likeness (QED) is 0.180. The Bertz CT molecular complexity index is 1030. The first-order valence-electron chi connectivity index (χ1n) is 11.9. The van der Waals surface area contributed by atoms with Crippen molar-refractivity contribution in [2.75, 3.05) is 11.9 Å². The lowest BCUT2D eigenvalue weighted by Crippen LogP contribution is -2.47. The molecule has 192 valence electrons. The smallest absolute Gasteiger partial charge is 0.307 e. The summed E-state index contributed by atoms with van der Waals surface area (Å²) in [7, 11) is -2.14. The predicted molar refractivity (Wildman–Crippen MR) is 142 cm³/mol. The van der Waals surface area contributed by atoms with Gasteiger partial charge in [0, 0.05) is 12.1 Å². The van der Waals surface area contributed by atoms with Crippen LogP contribution in [0.1, 0.15) is 57.4 Å². The number of benzene rings is 2. The molecule has 2 aromatic rings. The fourth-order valence-electron chi connectivity index (χ4n) is 3.66. The van der Waals surface area contributed by atoms with E-state index in [1.807, 2.05) is 30.3 Å². The standard InChI is InChI=1S/C27H40N2O5Si/c1-26(2,3)35(6,7)34-24(21-11-12-23(31)22(15-21)28-18-30)17-29-27(4,5)16-20-10-8-9-19(13-20)14-25(32)33/h8-13,15,18,24,29,31H,14,16-17H2,1-7H3,(H,28,30)(H,32,33)/t24-/m1/s1. The lowest BCUT2D eigenvalue weighted by Gasteiger charge is -2.40. The molecule has 35 heavy (non-hydrogen) atoms. The molecule has 0 aliphatic carbocycles. The second-order valence-corrected chi connectivity index (χ2v) is 16.0. The van der Waals surface area contributed by atoms with Crippen molar-refractivity contribution in [3.63, 3.8) is 0 Å². The third-order valence-electron chi connectivity index (χ3n) is 6.61. The first kappa shape index (κ1) is 28.6. The van der Waals surface area contributed by atoms with Gasteiger partial charge in [0.15, 0.2) is 8.32 Å². The highest BCUT2D eigenvalue weighted by Crippen LogP contribution is 2.40. The molecule has 0 saturated carbocycles. The number of carboxylic acids is 1. The van der Waals surface area contributed by atoms with Crippen molar-refractivity contribution in [2.45, 2.75) is 77.2 Å². The highest BCUT2D eigenvalue weighted by atomic mass is 28.4. The van der Waals surface area contributed by atoms with Crippen molar-refractivity contribution < 1.29 is 24.2 Å². The molecule has 0 fully saturated rings. The highest BCUT2D eigenvalue weighted by Gasteiger charge is 2.39.